The summed E-state index contributed by atoms with van der Waals surface area (Å²) < 4.78 is 5.32. The van der Waals surface area contributed by atoms with Crippen LogP contribution in [0.15, 0.2) is 6.07 Å². The van der Waals surface area contributed by atoms with E-state index in [-0.39, 0.29) is 24.1 Å². The molecular formula is C11H16ClN3O2. The van der Waals surface area contributed by atoms with Crippen LogP contribution in [0.2, 0.25) is 5.15 Å². The number of aryl methyl sites for hydroxylation is 1. The summed E-state index contributed by atoms with van der Waals surface area (Å²) in [5, 5.41) is 2.82. The van der Waals surface area contributed by atoms with Gasteiger partial charge in [0.25, 0.3) is 5.91 Å². The fourth-order valence-electron chi connectivity index (χ4n) is 1.03. The first-order valence-electron chi connectivity index (χ1n) is 5.21. The predicted molar refractivity (Wildman–Crippen MR) is 66.1 cm³/mol. The molecule has 0 atom stereocenters. The van der Waals surface area contributed by atoms with Gasteiger partial charge in [-0.2, -0.15) is 0 Å². The Hall–Kier alpha value is -1.20. The van der Waals surface area contributed by atoms with E-state index in [2.05, 4.69) is 15.3 Å². The minimum absolute atomic E-state index is 0.0432. The van der Waals surface area contributed by atoms with Gasteiger partial charge in [0, 0.05) is 5.69 Å². The first-order valence-corrected chi connectivity index (χ1v) is 5.59. The van der Waals surface area contributed by atoms with E-state index in [0.29, 0.717) is 10.8 Å². The van der Waals surface area contributed by atoms with Gasteiger partial charge >= 0.3 is 0 Å². The van der Waals surface area contributed by atoms with Crippen molar-refractivity contribution in [3.05, 3.63) is 16.9 Å². The summed E-state index contributed by atoms with van der Waals surface area (Å²) in [6, 6.07) is 1.61. The van der Waals surface area contributed by atoms with Crippen LogP contribution in [0.25, 0.3) is 0 Å². The molecule has 0 fully saturated rings. The third-order valence-corrected chi connectivity index (χ3v) is 1.90. The number of amides is 1. The Bertz CT molecular complexity index is 395. The normalized spacial score (nSPS) is 11.4. The van der Waals surface area contributed by atoms with Gasteiger partial charge in [-0.25, -0.2) is 9.97 Å². The van der Waals surface area contributed by atoms with E-state index in [1.165, 1.54) is 0 Å². The van der Waals surface area contributed by atoms with Gasteiger partial charge < -0.3 is 4.74 Å². The van der Waals surface area contributed by atoms with Crippen molar-refractivity contribution < 1.29 is 9.53 Å². The van der Waals surface area contributed by atoms with Gasteiger partial charge in [-0.15, -0.1) is 0 Å². The van der Waals surface area contributed by atoms with Gasteiger partial charge in [0.05, 0.1) is 5.60 Å². The molecule has 0 unspecified atom stereocenters. The third-order valence-electron chi connectivity index (χ3n) is 1.71. The van der Waals surface area contributed by atoms with Crippen molar-refractivity contribution in [2.24, 2.45) is 0 Å². The van der Waals surface area contributed by atoms with Crippen LogP contribution >= 0.6 is 11.6 Å². The zero-order valence-corrected chi connectivity index (χ0v) is 11.1. The molecule has 1 N–H and O–H groups in total. The number of nitrogens with one attached hydrogen (secondary N) is 1. The van der Waals surface area contributed by atoms with Crippen LogP contribution < -0.4 is 5.32 Å². The second-order valence-electron chi connectivity index (χ2n) is 4.60. The molecule has 0 aromatic carbocycles. The number of aromatic nitrogens is 2. The van der Waals surface area contributed by atoms with Crippen molar-refractivity contribution in [3.63, 3.8) is 0 Å². The fraction of sp³-hybridized carbons (Fsp3) is 0.545. The molecule has 5 nitrogen and oxygen atoms in total. The van der Waals surface area contributed by atoms with Gasteiger partial charge in [-0.1, -0.05) is 11.6 Å². The van der Waals surface area contributed by atoms with Gasteiger partial charge in [-0.05, 0) is 33.8 Å². The molecule has 1 heterocycles. The van der Waals surface area contributed by atoms with Crippen LogP contribution in [0.4, 0.5) is 5.95 Å². The van der Waals surface area contributed by atoms with E-state index in [0.717, 1.165) is 0 Å². The molecule has 94 valence electrons. The Morgan fingerprint density at radius 2 is 2.12 bits per heavy atom. The minimum Gasteiger partial charge on any atom is -0.366 e. The smallest absolute Gasteiger partial charge is 0.252 e. The van der Waals surface area contributed by atoms with Crippen LogP contribution in [0.1, 0.15) is 26.5 Å². The van der Waals surface area contributed by atoms with E-state index in [9.17, 15) is 4.79 Å². The Kier molecular flexibility index (Phi) is 4.42. The number of ether oxygens (including phenoxy) is 1. The summed E-state index contributed by atoms with van der Waals surface area (Å²) in [5.41, 5.74) is 0.333. The van der Waals surface area contributed by atoms with Crippen LogP contribution in [0.5, 0.6) is 0 Å². The lowest BCUT2D eigenvalue weighted by molar-refractivity contribution is -0.125. The molecule has 1 rings (SSSR count). The summed E-state index contributed by atoms with van der Waals surface area (Å²) in [6.07, 6.45) is 0. The molecule has 17 heavy (non-hydrogen) atoms. The second kappa shape index (κ2) is 5.42. The predicted octanol–water partition coefficient (Wildman–Crippen LogP) is 2.19. The number of rotatable bonds is 3. The fourth-order valence-corrected chi connectivity index (χ4v) is 1.27. The highest BCUT2D eigenvalue weighted by Crippen LogP contribution is 2.10. The number of carbonyl (C=O) groups excluding carboxylic acids is 1. The lowest BCUT2D eigenvalue weighted by atomic mass is 10.2. The topological polar surface area (TPSA) is 64.1 Å². The van der Waals surface area contributed by atoms with Gasteiger partial charge in [0.1, 0.15) is 11.8 Å². The Balaban J connectivity index is 2.56. The average Bonchev–Trinajstić information content (AvgIpc) is 2.11. The van der Waals surface area contributed by atoms with Gasteiger partial charge in [0.2, 0.25) is 5.95 Å². The Morgan fingerprint density at radius 3 is 2.65 bits per heavy atom. The average molecular weight is 258 g/mol. The van der Waals surface area contributed by atoms with E-state index in [1.807, 2.05) is 20.8 Å². The zero-order valence-electron chi connectivity index (χ0n) is 10.4. The van der Waals surface area contributed by atoms with E-state index < -0.39 is 0 Å². The molecule has 0 spiro atoms. The number of hydrogen-bond acceptors (Lipinski definition) is 4. The third kappa shape index (κ3) is 5.60. The Labute approximate surface area is 106 Å². The molecule has 0 aliphatic carbocycles. The SMILES string of the molecule is Cc1cc(Cl)nc(NC(=O)COC(C)(C)C)n1. The summed E-state index contributed by atoms with van der Waals surface area (Å²) in [6.45, 7) is 7.36. The van der Waals surface area contributed by atoms with Crippen LogP contribution in [-0.2, 0) is 9.53 Å². The van der Waals surface area contributed by atoms with Crippen molar-refractivity contribution in [3.8, 4) is 0 Å². The van der Waals surface area contributed by atoms with Gasteiger partial charge in [-0.3, -0.25) is 10.1 Å². The van der Waals surface area contributed by atoms with Crippen molar-refractivity contribution in [2.45, 2.75) is 33.3 Å². The molecular weight excluding hydrogens is 242 g/mol. The number of hydrogen-bond donors (Lipinski definition) is 1. The maximum atomic E-state index is 11.5. The van der Waals surface area contributed by atoms with Crippen LogP contribution in [0.3, 0.4) is 0 Å². The maximum Gasteiger partial charge on any atom is 0.252 e. The van der Waals surface area contributed by atoms with Gasteiger partial charge in [0.15, 0.2) is 0 Å². The highest BCUT2D eigenvalue weighted by Gasteiger charge is 2.13. The zero-order chi connectivity index (χ0) is 13.1. The molecule has 0 aliphatic rings. The summed E-state index contributed by atoms with van der Waals surface area (Å²) >= 11 is 5.75. The lowest BCUT2D eigenvalue weighted by Crippen LogP contribution is -2.27. The number of nitrogens with zero attached hydrogens (tertiary/aromatic N) is 2. The lowest BCUT2D eigenvalue weighted by Gasteiger charge is -2.18. The number of carbonyl (C=O) groups is 1. The molecule has 1 aromatic rings. The van der Waals surface area contributed by atoms with E-state index in [4.69, 9.17) is 16.3 Å². The number of anilines is 1. The van der Waals surface area contributed by atoms with Crippen molar-refractivity contribution in [1.82, 2.24) is 9.97 Å². The molecule has 1 amide bonds. The minimum atomic E-state index is -0.359. The van der Waals surface area contributed by atoms with E-state index >= 15 is 0 Å². The molecule has 6 heteroatoms. The second-order valence-corrected chi connectivity index (χ2v) is 4.99. The maximum absolute atomic E-state index is 11.5. The molecule has 0 bridgehead atoms. The van der Waals surface area contributed by atoms with Crippen molar-refractivity contribution in [2.75, 3.05) is 11.9 Å². The highest BCUT2D eigenvalue weighted by molar-refractivity contribution is 6.29. The quantitative estimate of drug-likeness (QED) is 0.843. The summed E-state index contributed by atoms with van der Waals surface area (Å²) in [4.78, 5) is 19.4. The summed E-state index contributed by atoms with van der Waals surface area (Å²) in [7, 11) is 0. The number of halogens is 1. The molecule has 1 aromatic heterocycles. The first kappa shape index (κ1) is 13.9. The molecule has 0 radical (unpaired) electrons. The largest absolute Gasteiger partial charge is 0.366 e. The Morgan fingerprint density at radius 1 is 1.47 bits per heavy atom. The highest BCUT2D eigenvalue weighted by atomic mass is 35.5. The molecule has 0 saturated carbocycles. The monoisotopic (exact) mass is 257 g/mol. The standard InChI is InChI=1S/C11H16ClN3O2/c1-7-5-8(12)14-10(13-7)15-9(16)6-17-11(2,3)4/h5H,6H2,1-4H3,(H,13,14,15,16). The van der Waals surface area contributed by atoms with Crippen LogP contribution in [-0.4, -0.2) is 28.1 Å². The summed E-state index contributed by atoms with van der Waals surface area (Å²) in [5.74, 6) is -0.112. The molecule has 0 saturated heterocycles. The first-order chi connectivity index (χ1) is 7.76. The van der Waals surface area contributed by atoms with Crippen molar-refractivity contribution >= 4 is 23.5 Å². The van der Waals surface area contributed by atoms with Crippen molar-refractivity contribution in [1.29, 1.82) is 0 Å². The molecule has 0 aliphatic heterocycles. The van der Waals surface area contributed by atoms with E-state index in [1.54, 1.807) is 13.0 Å². The van der Waals surface area contributed by atoms with Crippen LogP contribution in [0, 0.1) is 6.92 Å².